The van der Waals surface area contributed by atoms with Gasteiger partial charge in [0.15, 0.2) is 5.78 Å². The van der Waals surface area contributed by atoms with E-state index >= 15 is 0 Å². The second-order valence-electron chi connectivity index (χ2n) is 7.18. The SMILES string of the molecule is Cc1ccc(/C=C\C=C2/CC(O)C/C(=C/C=C\c3ccc(N=[N+]=[N-])cc3)C2=O)cc1. The zero-order chi connectivity index (χ0) is 21.3. The number of carbonyl (C=O) groups excluding carboxylic acids is 1. The first kappa shape index (κ1) is 21.1. The van der Waals surface area contributed by atoms with Gasteiger partial charge in [0, 0.05) is 34.6 Å². The van der Waals surface area contributed by atoms with Crippen molar-refractivity contribution in [2.75, 3.05) is 0 Å². The molecule has 0 saturated heterocycles. The largest absolute Gasteiger partial charge is 0.392 e. The first-order valence-electron chi connectivity index (χ1n) is 9.74. The van der Waals surface area contributed by atoms with E-state index < -0.39 is 6.10 Å². The number of azide groups is 1. The summed E-state index contributed by atoms with van der Waals surface area (Å²) in [6.07, 6.45) is 11.1. The maximum absolute atomic E-state index is 12.8. The van der Waals surface area contributed by atoms with Crippen LogP contribution in [0.25, 0.3) is 22.6 Å². The Hall–Kier alpha value is -3.66. The van der Waals surface area contributed by atoms with Gasteiger partial charge in [0.2, 0.25) is 0 Å². The van der Waals surface area contributed by atoms with Crippen LogP contribution in [0, 0.1) is 6.92 Å². The molecule has 0 spiro atoms. The van der Waals surface area contributed by atoms with Crippen LogP contribution < -0.4 is 0 Å². The summed E-state index contributed by atoms with van der Waals surface area (Å²) in [7, 11) is 0. The number of nitrogens with zero attached hydrogens (tertiary/aromatic N) is 3. The number of hydrogen-bond donors (Lipinski definition) is 1. The smallest absolute Gasteiger partial charge is 0.185 e. The fourth-order valence-electron chi connectivity index (χ4n) is 3.19. The molecule has 1 atom stereocenters. The molecule has 1 aliphatic rings. The Labute approximate surface area is 176 Å². The van der Waals surface area contributed by atoms with Crippen LogP contribution in [-0.4, -0.2) is 17.0 Å². The fraction of sp³-hybridized carbons (Fsp3) is 0.160. The van der Waals surface area contributed by atoms with Gasteiger partial charge in [0.1, 0.15) is 0 Å². The van der Waals surface area contributed by atoms with Crippen molar-refractivity contribution < 1.29 is 9.90 Å². The Balaban J connectivity index is 1.71. The van der Waals surface area contributed by atoms with E-state index in [1.165, 1.54) is 5.56 Å². The van der Waals surface area contributed by atoms with Crippen LogP contribution in [0.3, 0.4) is 0 Å². The molecule has 1 aliphatic carbocycles. The Morgan fingerprint density at radius 1 is 0.933 bits per heavy atom. The lowest BCUT2D eigenvalue weighted by molar-refractivity contribution is -0.113. The number of Topliss-reactive ketones (excluding diaryl/α,β-unsaturated/α-hetero) is 1. The summed E-state index contributed by atoms with van der Waals surface area (Å²) in [4.78, 5) is 15.5. The molecular weight excluding hydrogens is 374 g/mol. The summed E-state index contributed by atoms with van der Waals surface area (Å²) in [6, 6.07) is 15.2. The molecular formula is C25H23N3O2. The van der Waals surface area contributed by atoms with E-state index in [9.17, 15) is 9.90 Å². The second-order valence-corrected chi connectivity index (χ2v) is 7.18. The molecule has 0 aromatic heterocycles. The topological polar surface area (TPSA) is 86.1 Å². The van der Waals surface area contributed by atoms with E-state index in [2.05, 4.69) is 10.0 Å². The van der Waals surface area contributed by atoms with E-state index in [4.69, 9.17) is 5.53 Å². The van der Waals surface area contributed by atoms with Gasteiger partial charge in [0.25, 0.3) is 0 Å². The minimum absolute atomic E-state index is 0.0304. The van der Waals surface area contributed by atoms with Gasteiger partial charge in [-0.25, -0.2) is 0 Å². The maximum Gasteiger partial charge on any atom is 0.185 e. The van der Waals surface area contributed by atoms with E-state index in [0.717, 1.165) is 11.1 Å². The average molecular weight is 397 g/mol. The number of benzene rings is 2. The third-order valence-electron chi connectivity index (χ3n) is 4.80. The first-order chi connectivity index (χ1) is 14.5. The molecule has 2 aromatic carbocycles. The maximum atomic E-state index is 12.8. The number of rotatable bonds is 5. The third-order valence-corrected chi connectivity index (χ3v) is 4.80. The average Bonchev–Trinajstić information content (AvgIpc) is 2.74. The number of carbonyl (C=O) groups is 1. The third kappa shape index (κ3) is 5.92. The van der Waals surface area contributed by atoms with Gasteiger partial charge >= 0.3 is 0 Å². The molecule has 1 unspecified atom stereocenters. The van der Waals surface area contributed by atoms with Gasteiger partial charge in [0.05, 0.1) is 6.10 Å². The lowest BCUT2D eigenvalue weighted by Gasteiger charge is -2.21. The molecule has 0 amide bonds. The van der Waals surface area contributed by atoms with Crippen LogP contribution in [-0.2, 0) is 4.79 Å². The highest BCUT2D eigenvalue weighted by Gasteiger charge is 2.25. The van der Waals surface area contributed by atoms with Crippen LogP contribution in [0.1, 0.15) is 29.5 Å². The molecule has 0 aliphatic heterocycles. The fourth-order valence-corrected chi connectivity index (χ4v) is 3.19. The number of ketones is 1. The lowest BCUT2D eigenvalue weighted by atomic mass is 9.86. The normalized spacial score (nSPS) is 19.7. The second kappa shape index (κ2) is 10.2. The number of aryl methyl sites for hydroxylation is 1. The highest BCUT2D eigenvalue weighted by Crippen LogP contribution is 2.26. The van der Waals surface area contributed by atoms with E-state index in [-0.39, 0.29) is 5.78 Å². The molecule has 150 valence electrons. The van der Waals surface area contributed by atoms with Gasteiger partial charge < -0.3 is 5.11 Å². The predicted molar refractivity (Wildman–Crippen MR) is 121 cm³/mol. The molecule has 1 saturated carbocycles. The van der Waals surface area contributed by atoms with E-state index in [1.807, 2.05) is 61.5 Å². The lowest BCUT2D eigenvalue weighted by Crippen LogP contribution is -2.23. The van der Waals surface area contributed by atoms with Gasteiger partial charge in [-0.15, -0.1) is 0 Å². The van der Waals surface area contributed by atoms with Crippen molar-refractivity contribution in [1.29, 1.82) is 0 Å². The molecule has 0 radical (unpaired) electrons. The van der Waals surface area contributed by atoms with Crippen molar-refractivity contribution in [3.8, 4) is 0 Å². The first-order valence-corrected chi connectivity index (χ1v) is 9.74. The predicted octanol–water partition coefficient (Wildman–Crippen LogP) is 6.24. The van der Waals surface area contributed by atoms with Crippen molar-refractivity contribution >= 4 is 23.6 Å². The molecule has 1 N–H and O–H groups in total. The van der Waals surface area contributed by atoms with Gasteiger partial charge in [-0.05, 0) is 23.6 Å². The number of aliphatic hydroxyl groups is 1. The van der Waals surface area contributed by atoms with Crippen LogP contribution in [0.15, 0.2) is 89.1 Å². The monoisotopic (exact) mass is 397 g/mol. The zero-order valence-corrected chi connectivity index (χ0v) is 16.8. The van der Waals surface area contributed by atoms with Gasteiger partial charge in [-0.2, -0.15) is 0 Å². The van der Waals surface area contributed by atoms with E-state index in [0.29, 0.717) is 29.7 Å². The summed E-state index contributed by atoms with van der Waals surface area (Å²) in [5.74, 6) is -0.0304. The van der Waals surface area contributed by atoms with Crippen LogP contribution >= 0.6 is 0 Å². The highest BCUT2D eigenvalue weighted by molar-refractivity contribution is 6.09. The molecule has 0 bridgehead atoms. The Morgan fingerprint density at radius 3 is 1.93 bits per heavy atom. The number of allylic oxidation sites excluding steroid dienone is 4. The minimum atomic E-state index is -0.565. The van der Waals surface area contributed by atoms with Crippen LogP contribution in [0.2, 0.25) is 0 Å². The van der Waals surface area contributed by atoms with Crippen molar-refractivity contribution in [3.63, 3.8) is 0 Å². The standard InChI is InChI=1S/C25H23N3O2/c1-18-8-10-19(11-9-18)4-2-6-21-16-24(29)17-22(25(21)30)7-3-5-20-12-14-23(15-13-20)27-28-26/h2-15,24,29H,16-17H2,1H3/b4-2-,5-3-,21-6+,22-7-. The number of hydrogen-bond acceptors (Lipinski definition) is 3. The Bertz CT molecular complexity index is 1070. The highest BCUT2D eigenvalue weighted by atomic mass is 16.3. The van der Waals surface area contributed by atoms with Crippen LogP contribution in [0.4, 0.5) is 5.69 Å². The summed E-state index contributed by atoms with van der Waals surface area (Å²) in [6.45, 7) is 2.04. The van der Waals surface area contributed by atoms with Crippen molar-refractivity contribution in [2.45, 2.75) is 25.9 Å². The Kier molecular flexibility index (Phi) is 7.17. The van der Waals surface area contributed by atoms with Crippen LogP contribution in [0.5, 0.6) is 0 Å². The molecule has 5 nitrogen and oxygen atoms in total. The van der Waals surface area contributed by atoms with Gasteiger partial charge in [-0.3, -0.25) is 4.79 Å². The number of aliphatic hydroxyl groups excluding tert-OH is 1. The summed E-state index contributed by atoms with van der Waals surface area (Å²) < 4.78 is 0. The summed E-state index contributed by atoms with van der Waals surface area (Å²) in [5, 5.41) is 13.7. The molecule has 1 fully saturated rings. The van der Waals surface area contributed by atoms with Crippen molar-refractivity contribution in [3.05, 3.63) is 111 Å². The minimum Gasteiger partial charge on any atom is -0.392 e. The van der Waals surface area contributed by atoms with Crippen molar-refractivity contribution in [1.82, 2.24) is 0 Å². The summed E-state index contributed by atoms with van der Waals surface area (Å²) >= 11 is 0. The zero-order valence-electron chi connectivity index (χ0n) is 16.8. The molecule has 30 heavy (non-hydrogen) atoms. The molecule has 0 heterocycles. The molecule has 2 aromatic rings. The summed E-state index contributed by atoms with van der Waals surface area (Å²) in [5.41, 5.74) is 13.4. The molecule has 3 rings (SSSR count). The Morgan fingerprint density at radius 2 is 1.43 bits per heavy atom. The van der Waals surface area contributed by atoms with E-state index in [1.54, 1.807) is 30.4 Å². The van der Waals surface area contributed by atoms with Gasteiger partial charge in [-0.1, -0.05) is 95.7 Å². The quantitative estimate of drug-likeness (QED) is 0.280. The van der Waals surface area contributed by atoms with Crippen molar-refractivity contribution in [2.24, 2.45) is 5.11 Å². The molecule has 5 heteroatoms.